The molecule has 84 valence electrons. The van der Waals surface area contributed by atoms with E-state index in [1.165, 1.54) is 6.20 Å². The normalized spacial score (nSPS) is 14.9. The van der Waals surface area contributed by atoms with E-state index in [0.717, 1.165) is 0 Å². The Morgan fingerprint density at radius 3 is 2.94 bits per heavy atom. The van der Waals surface area contributed by atoms with Gasteiger partial charge in [-0.25, -0.2) is 9.97 Å². The van der Waals surface area contributed by atoms with Crippen LogP contribution < -0.4 is 5.73 Å². The van der Waals surface area contributed by atoms with E-state index in [0.29, 0.717) is 11.2 Å². The first kappa shape index (κ1) is 10.5. The first-order chi connectivity index (χ1) is 7.59. The van der Waals surface area contributed by atoms with Crippen LogP contribution in [0.5, 0.6) is 0 Å². The van der Waals surface area contributed by atoms with Gasteiger partial charge in [0.05, 0.1) is 11.9 Å². The van der Waals surface area contributed by atoms with Gasteiger partial charge in [0.25, 0.3) is 0 Å². The number of amides is 1. The molecule has 0 aliphatic rings. The Bertz CT molecular complexity index is 524. The Labute approximate surface area is 89.9 Å². The fraction of sp³-hybridized carbons (Fsp3) is 0.222. The predicted molar refractivity (Wildman–Crippen MR) is 54.0 cm³/mol. The molecule has 2 unspecified atom stereocenters. The SMILES string of the molecule is NC(=O)C(O)C(O)c1cnc2[nH]ccc2n1. The molecule has 0 radical (unpaired) electrons. The quantitative estimate of drug-likeness (QED) is 0.521. The van der Waals surface area contributed by atoms with Crippen molar-refractivity contribution in [1.29, 1.82) is 0 Å². The maximum absolute atomic E-state index is 10.7. The summed E-state index contributed by atoms with van der Waals surface area (Å²) in [6, 6.07) is 1.66. The van der Waals surface area contributed by atoms with Crippen LogP contribution in [0.4, 0.5) is 0 Å². The number of nitrogens with two attached hydrogens (primary N) is 1. The summed E-state index contributed by atoms with van der Waals surface area (Å²) in [4.78, 5) is 21.5. The van der Waals surface area contributed by atoms with Gasteiger partial charge in [0.15, 0.2) is 11.8 Å². The van der Waals surface area contributed by atoms with Crippen LogP contribution in [-0.4, -0.2) is 37.2 Å². The van der Waals surface area contributed by atoms with Gasteiger partial charge in [-0.05, 0) is 6.07 Å². The number of carbonyl (C=O) groups excluding carboxylic acids is 1. The number of carbonyl (C=O) groups is 1. The third kappa shape index (κ3) is 1.73. The molecule has 0 saturated heterocycles. The fourth-order valence-electron chi connectivity index (χ4n) is 1.30. The molecule has 0 aromatic carbocycles. The van der Waals surface area contributed by atoms with Crippen molar-refractivity contribution in [3.63, 3.8) is 0 Å². The Kier molecular flexibility index (Phi) is 2.55. The maximum atomic E-state index is 10.7. The van der Waals surface area contributed by atoms with Gasteiger partial charge in [-0.15, -0.1) is 0 Å². The average Bonchev–Trinajstić information content (AvgIpc) is 2.73. The minimum absolute atomic E-state index is 0.0957. The number of aromatic nitrogens is 3. The Morgan fingerprint density at radius 2 is 2.25 bits per heavy atom. The van der Waals surface area contributed by atoms with Crippen molar-refractivity contribution >= 4 is 17.1 Å². The van der Waals surface area contributed by atoms with Crippen LogP contribution in [0.25, 0.3) is 11.2 Å². The molecular formula is C9H10N4O3. The molecule has 7 heteroatoms. The standard InChI is InChI=1S/C9H10N4O3/c10-8(16)7(15)6(14)5-3-12-9-4(13-5)1-2-11-9/h1-3,6-7,14-15H,(H2,10,16)(H,11,12). The molecule has 0 fully saturated rings. The smallest absolute Gasteiger partial charge is 0.249 e. The molecular weight excluding hydrogens is 212 g/mol. The minimum atomic E-state index is -1.69. The van der Waals surface area contributed by atoms with Crippen LogP contribution in [0.1, 0.15) is 11.8 Å². The number of fused-ring (bicyclic) bond motifs is 1. The Hall–Kier alpha value is -1.99. The van der Waals surface area contributed by atoms with Crippen LogP contribution >= 0.6 is 0 Å². The summed E-state index contributed by atoms with van der Waals surface area (Å²) in [6.45, 7) is 0. The summed E-state index contributed by atoms with van der Waals surface area (Å²) in [7, 11) is 0. The molecule has 1 amide bonds. The summed E-state index contributed by atoms with van der Waals surface area (Å²) < 4.78 is 0. The fourth-order valence-corrected chi connectivity index (χ4v) is 1.30. The molecule has 2 atom stereocenters. The monoisotopic (exact) mass is 222 g/mol. The van der Waals surface area contributed by atoms with Gasteiger partial charge in [-0.3, -0.25) is 4.79 Å². The number of nitrogens with one attached hydrogen (secondary N) is 1. The lowest BCUT2D eigenvalue weighted by Crippen LogP contribution is -2.34. The van der Waals surface area contributed by atoms with Gasteiger partial charge in [0.1, 0.15) is 11.6 Å². The molecule has 0 spiro atoms. The summed E-state index contributed by atoms with van der Waals surface area (Å²) in [5, 5.41) is 18.9. The highest BCUT2D eigenvalue weighted by molar-refractivity contribution is 5.79. The van der Waals surface area contributed by atoms with Crippen molar-refractivity contribution in [2.24, 2.45) is 5.73 Å². The molecule has 7 nitrogen and oxygen atoms in total. The van der Waals surface area contributed by atoms with Crippen molar-refractivity contribution in [1.82, 2.24) is 15.0 Å². The zero-order chi connectivity index (χ0) is 11.7. The first-order valence-corrected chi connectivity index (χ1v) is 4.55. The Morgan fingerprint density at radius 1 is 1.50 bits per heavy atom. The maximum Gasteiger partial charge on any atom is 0.249 e. The van der Waals surface area contributed by atoms with Crippen molar-refractivity contribution in [2.75, 3.05) is 0 Å². The van der Waals surface area contributed by atoms with Crippen LogP contribution in [0.15, 0.2) is 18.5 Å². The molecule has 0 aliphatic carbocycles. The second-order valence-electron chi connectivity index (χ2n) is 3.30. The van der Waals surface area contributed by atoms with Gasteiger partial charge in [-0.2, -0.15) is 0 Å². The number of aliphatic hydroxyl groups excluding tert-OH is 2. The van der Waals surface area contributed by atoms with E-state index in [9.17, 15) is 15.0 Å². The van der Waals surface area contributed by atoms with Gasteiger partial charge < -0.3 is 20.9 Å². The number of aromatic amines is 1. The number of hydrogen-bond donors (Lipinski definition) is 4. The lowest BCUT2D eigenvalue weighted by molar-refractivity contribution is -0.132. The van der Waals surface area contributed by atoms with E-state index in [4.69, 9.17) is 5.73 Å². The van der Waals surface area contributed by atoms with Crippen LogP contribution in [0, 0.1) is 0 Å². The van der Waals surface area contributed by atoms with Gasteiger partial charge in [0, 0.05) is 6.20 Å². The number of primary amides is 1. The lowest BCUT2D eigenvalue weighted by Gasteiger charge is -2.13. The van der Waals surface area contributed by atoms with Crippen LogP contribution in [-0.2, 0) is 4.79 Å². The number of nitrogens with zero attached hydrogens (tertiary/aromatic N) is 2. The van der Waals surface area contributed by atoms with E-state index < -0.39 is 18.1 Å². The molecule has 2 heterocycles. The largest absolute Gasteiger partial charge is 0.383 e. The lowest BCUT2D eigenvalue weighted by atomic mass is 10.1. The van der Waals surface area contributed by atoms with Crippen molar-refractivity contribution in [3.8, 4) is 0 Å². The van der Waals surface area contributed by atoms with Crippen LogP contribution in [0.2, 0.25) is 0 Å². The van der Waals surface area contributed by atoms with Crippen LogP contribution in [0.3, 0.4) is 0 Å². The van der Waals surface area contributed by atoms with E-state index in [2.05, 4.69) is 15.0 Å². The molecule has 0 aliphatic heterocycles. The van der Waals surface area contributed by atoms with E-state index in [1.54, 1.807) is 12.3 Å². The van der Waals surface area contributed by atoms with Gasteiger partial charge in [-0.1, -0.05) is 0 Å². The highest BCUT2D eigenvalue weighted by Gasteiger charge is 2.25. The molecule has 16 heavy (non-hydrogen) atoms. The molecule has 2 rings (SSSR count). The minimum Gasteiger partial charge on any atom is -0.383 e. The number of rotatable bonds is 3. The van der Waals surface area contributed by atoms with E-state index in [-0.39, 0.29) is 5.69 Å². The highest BCUT2D eigenvalue weighted by atomic mass is 16.3. The molecule has 2 aromatic rings. The highest BCUT2D eigenvalue weighted by Crippen LogP contribution is 2.16. The Balaban J connectivity index is 2.35. The van der Waals surface area contributed by atoms with Crippen molar-refractivity contribution in [2.45, 2.75) is 12.2 Å². The van der Waals surface area contributed by atoms with E-state index >= 15 is 0 Å². The van der Waals surface area contributed by atoms with Crippen molar-refractivity contribution in [3.05, 3.63) is 24.2 Å². The summed E-state index contributed by atoms with van der Waals surface area (Å²) in [6.07, 6.45) is -0.240. The third-order valence-corrected chi connectivity index (χ3v) is 2.17. The molecule has 0 saturated carbocycles. The summed E-state index contributed by atoms with van der Waals surface area (Å²) >= 11 is 0. The first-order valence-electron chi connectivity index (χ1n) is 4.55. The van der Waals surface area contributed by atoms with Gasteiger partial charge in [0.2, 0.25) is 5.91 Å². The molecule has 0 bridgehead atoms. The zero-order valence-electron chi connectivity index (χ0n) is 8.16. The topological polar surface area (TPSA) is 125 Å². The number of aliphatic hydroxyl groups is 2. The molecule has 5 N–H and O–H groups in total. The third-order valence-electron chi connectivity index (χ3n) is 2.17. The summed E-state index contributed by atoms with van der Waals surface area (Å²) in [5.41, 5.74) is 6.05. The zero-order valence-corrected chi connectivity index (χ0v) is 8.16. The second-order valence-corrected chi connectivity index (χ2v) is 3.30. The number of hydrogen-bond acceptors (Lipinski definition) is 5. The summed E-state index contributed by atoms with van der Waals surface area (Å²) in [5.74, 6) is -1.01. The number of H-pyrrole nitrogens is 1. The van der Waals surface area contributed by atoms with Crippen molar-refractivity contribution < 1.29 is 15.0 Å². The second kappa shape index (κ2) is 3.87. The predicted octanol–water partition coefficient (Wildman–Crippen LogP) is -1.16. The van der Waals surface area contributed by atoms with Gasteiger partial charge >= 0.3 is 0 Å². The average molecular weight is 222 g/mol. The molecule has 2 aromatic heterocycles. The van der Waals surface area contributed by atoms with E-state index in [1.807, 2.05) is 0 Å².